The van der Waals surface area contributed by atoms with Crippen LogP contribution in [0.2, 0.25) is 0 Å². The molecule has 1 saturated carbocycles. The molecule has 2 amide bonds. The van der Waals surface area contributed by atoms with Crippen LogP contribution in [0.15, 0.2) is 0 Å². The third-order valence-corrected chi connectivity index (χ3v) is 4.38. The fourth-order valence-electron chi connectivity index (χ4n) is 2.90. The third kappa shape index (κ3) is 2.76. The summed E-state index contributed by atoms with van der Waals surface area (Å²) in [5.74, 6) is 0.0686. The van der Waals surface area contributed by atoms with Crippen LogP contribution >= 0.6 is 0 Å². The van der Waals surface area contributed by atoms with Crippen LogP contribution in [0, 0.1) is 17.8 Å². The number of hydrogen-bond acceptors (Lipinski definition) is 2. The molecule has 2 N–H and O–H groups in total. The van der Waals surface area contributed by atoms with Crippen LogP contribution in [0.1, 0.15) is 33.1 Å². The lowest BCUT2D eigenvalue weighted by Crippen LogP contribution is -2.43. The van der Waals surface area contributed by atoms with Gasteiger partial charge in [0, 0.05) is 19.1 Å². The quantitative estimate of drug-likeness (QED) is 0.785. The molecule has 2 aliphatic rings. The Morgan fingerprint density at radius 3 is 2.28 bits per heavy atom. The molecule has 2 unspecified atom stereocenters. The van der Waals surface area contributed by atoms with Gasteiger partial charge in [0.15, 0.2) is 0 Å². The number of hydrogen-bond donors (Lipinski definition) is 2. The lowest BCUT2D eigenvalue weighted by Gasteiger charge is -2.20. The molecule has 4 atom stereocenters. The highest BCUT2D eigenvalue weighted by Gasteiger charge is 2.34. The predicted molar refractivity (Wildman–Crippen MR) is 67.2 cm³/mol. The summed E-state index contributed by atoms with van der Waals surface area (Å²) in [6.07, 6.45) is 2.02. The van der Waals surface area contributed by atoms with Gasteiger partial charge in [0.25, 0.3) is 0 Å². The molecule has 1 saturated heterocycles. The fourth-order valence-corrected chi connectivity index (χ4v) is 2.90. The Bertz CT molecular complexity index is 335. The van der Waals surface area contributed by atoms with Crippen LogP contribution in [0.3, 0.4) is 0 Å². The maximum atomic E-state index is 12.0. The molecule has 102 valence electrons. The molecule has 0 aromatic rings. The van der Waals surface area contributed by atoms with E-state index in [1.165, 1.54) is 0 Å². The number of urea groups is 1. The van der Waals surface area contributed by atoms with Gasteiger partial charge in [-0.15, -0.1) is 0 Å². The van der Waals surface area contributed by atoms with Crippen molar-refractivity contribution in [3.63, 3.8) is 0 Å². The van der Waals surface area contributed by atoms with E-state index in [0.29, 0.717) is 24.7 Å². The zero-order chi connectivity index (χ0) is 13.3. The Labute approximate surface area is 108 Å². The van der Waals surface area contributed by atoms with Crippen LogP contribution in [0.5, 0.6) is 0 Å². The number of nitrogens with zero attached hydrogens (tertiary/aromatic N) is 1. The molecule has 1 heterocycles. The van der Waals surface area contributed by atoms with Gasteiger partial charge in [-0.1, -0.05) is 13.8 Å². The van der Waals surface area contributed by atoms with Crippen molar-refractivity contribution in [2.24, 2.45) is 17.8 Å². The molecule has 2 rings (SSSR count). The molecule has 18 heavy (non-hydrogen) atoms. The highest BCUT2D eigenvalue weighted by Crippen LogP contribution is 2.27. The largest absolute Gasteiger partial charge is 0.481 e. The molecule has 0 radical (unpaired) electrons. The number of aliphatic carboxylic acids is 1. The highest BCUT2D eigenvalue weighted by molar-refractivity contribution is 5.75. The second-order valence-electron chi connectivity index (χ2n) is 5.85. The van der Waals surface area contributed by atoms with Gasteiger partial charge < -0.3 is 15.3 Å². The summed E-state index contributed by atoms with van der Waals surface area (Å²) >= 11 is 0. The molecule has 1 aliphatic carbocycles. The van der Waals surface area contributed by atoms with Crippen molar-refractivity contribution in [3.05, 3.63) is 0 Å². The first kappa shape index (κ1) is 13.2. The number of carboxylic acids is 1. The monoisotopic (exact) mass is 254 g/mol. The number of rotatable bonds is 2. The first-order valence-electron chi connectivity index (χ1n) is 6.75. The summed E-state index contributed by atoms with van der Waals surface area (Å²) in [7, 11) is 0. The Balaban J connectivity index is 1.81. The summed E-state index contributed by atoms with van der Waals surface area (Å²) in [5, 5.41) is 11.9. The van der Waals surface area contributed by atoms with E-state index in [2.05, 4.69) is 19.2 Å². The fraction of sp³-hybridized carbons (Fsp3) is 0.846. The lowest BCUT2D eigenvalue weighted by atomic mass is 10.0. The molecule has 5 nitrogen and oxygen atoms in total. The lowest BCUT2D eigenvalue weighted by molar-refractivity contribution is -0.141. The summed E-state index contributed by atoms with van der Waals surface area (Å²) in [5.41, 5.74) is 0. The van der Waals surface area contributed by atoms with Crippen molar-refractivity contribution >= 4 is 12.0 Å². The van der Waals surface area contributed by atoms with Crippen LogP contribution in [0.25, 0.3) is 0 Å². The SMILES string of the molecule is CC1CN(C(=O)N[C@H]2CC[C@@H](C(=O)O)C2)CC1C. The van der Waals surface area contributed by atoms with E-state index >= 15 is 0 Å². The number of carboxylic acid groups (broad SMARTS) is 1. The van der Waals surface area contributed by atoms with Gasteiger partial charge in [-0.05, 0) is 31.1 Å². The van der Waals surface area contributed by atoms with Gasteiger partial charge >= 0.3 is 12.0 Å². The Morgan fingerprint density at radius 1 is 1.17 bits per heavy atom. The molecule has 0 bridgehead atoms. The zero-order valence-electron chi connectivity index (χ0n) is 11.1. The minimum absolute atomic E-state index is 0.0257. The summed E-state index contributed by atoms with van der Waals surface area (Å²) < 4.78 is 0. The first-order chi connectivity index (χ1) is 8.47. The molecule has 0 aromatic heterocycles. The number of nitrogens with one attached hydrogen (secondary N) is 1. The van der Waals surface area contributed by atoms with Crippen molar-refractivity contribution in [3.8, 4) is 0 Å². The highest BCUT2D eigenvalue weighted by atomic mass is 16.4. The number of amides is 2. The Hall–Kier alpha value is -1.26. The van der Waals surface area contributed by atoms with Crippen molar-refractivity contribution in [2.45, 2.75) is 39.2 Å². The second kappa shape index (κ2) is 5.16. The van der Waals surface area contributed by atoms with E-state index in [1.54, 1.807) is 0 Å². The maximum absolute atomic E-state index is 12.0. The number of carbonyl (C=O) groups is 2. The van der Waals surface area contributed by atoms with Crippen molar-refractivity contribution in [1.29, 1.82) is 0 Å². The minimum Gasteiger partial charge on any atom is -0.481 e. The zero-order valence-corrected chi connectivity index (χ0v) is 11.1. The first-order valence-corrected chi connectivity index (χ1v) is 6.75. The summed E-state index contributed by atoms with van der Waals surface area (Å²) in [6.45, 7) is 5.94. The van der Waals surface area contributed by atoms with E-state index in [9.17, 15) is 9.59 Å². The molecule has 0 spiro atoms. The minimum atomic E-state index is -0.741. The van der Waals surface area contributed by atoms with Gasteiger partial charge in [0.05, 0.1) is 5.92 Å². The molecular weight excluding hydrogens is 232 g/mol. The van der Waals surface area contributed by atoms with Crippen LogP contribution in [-0.2, 0) is 4.79 Å². The van der Waals surface area contributed by atoms with Gasteiger partial charge in [-0.25, -0.2) is 4.79 Å². The van der Waals surface area contributed by atoms with E-state index in [1.807, 2.05) is 4.90 Å². The van der Waals surface area contributed by atoms with Crippen molar-refractivity contribution in [2.75, 3.05) is 13.1 Å². The van der Waals surface area contributed by atoms with Crippen LogP contribution in [-0.4, -0.2) is 41.1 Å². The number of carbonyl (C=O) groups excluding carboxylic acids is 1. The summed E-state index contributed by atoms with van der Waals surface area (Å²) in [4.78, 5) is 24.7. The molecular formula is C13H22N2O3. The normalized spacial score (nSPS) is 35.8. The second-order valence-corrected chi connectivity index (χ2v) is 5.85. The Kier molecular flexibility index (Phi) is 3.78. The smallest absolute Gasteiger partial charge is 0.317 e. The van der Waals surface area contributed by atoms with E-state index < -0.39 is 5.97 Å². The van der Waals surface area contributed by atoms with E-state index in [0.717, 1.165) is 19.5 Å². The van der Waals surface area contributed by atoms with Crippen LogP contribution in [0.4, 0.5) is 4.79 Å². The van der Waals surface area contributed by atoms with Gasteiger partial charge in [-0.3, -0.25) is 4.79 Å². The molecule has 2 fully saturated rings. The van der Waals surface area contributed by atoms with Crippen molar-refractivity contribution in [1.82, 2.24) is 10.2 Å². The molecule has 5 heteroatoms. The molecule has 0 aromatic carbocycles. The van der Waals surface area contributed by atoms with Gasteiger partial charge in [0.2, 0.25) is 0 Å². The van der Waals surface area contributed by atoms with E-state index in [-0.39, 0.29) is 18.0 Å². The Morgan fingerprint density at radius 2 is 1.78 bits per heavy atom. The standard InChI is InChI=1S/C13H22N2O3/c1-8-6-15(7-9(8)2)13(18)14-11-4-3-10(5-11)12(16)17/h8-11H,3-7H2,1-2H3,(H,14,18)(H,16,17)/t8?,9?,10-,11+/m1/s1. The maximum Gasteiger partial charge on any atom is 0.317 e. The number of likely N-dealkylation sites (tertiary alicyclic amines) is 1. The molecule has 1 aliphatic heterocycles. The topological polar surface area (TPSA) is 69.6 Å². The van der Waals surface area contributed by atoms with Gasteiger partial charge in [0.1, 0.15) is 0 Å². The van der Waals surface area contributed by atoms with E-state index in [4.69, 9.17) is 5.11 Å². The van der Waals surface area contributed by atoms with Gasteiger partial charge in [-0.2, -0.15) is 0 Å². The average molecular weight is 254 g/mol. The van der Waals surface area contributed by atoms with Crippen molar-refractivity contribution < 1.29 is 14.7 Å². The average Bonchev–Trinajstić information content (AvgIpc) is 2.87. The predicted octanol–water partition coefficient (Wildman–Crippen LogP) is 1.54. The third-order valence-electron chi connectivity index (χ3n) is 4.38. The van der Waals surface area contributed by atoms with Crippen LogP contribution < -0.4 is 5.32 Å². The summed E-state index contributed by atoms with van der Waals surface area (Å²) in [6, 6.07) is 0.00653.